The topological polar surface area (TPSA) is 36.3 Å². The van der Waals surface area contributed by atoms with Gasteiger partial charge in [-0.05, 0) is 74.0 Å². The summed E-state index contributed by atoms with van der Waals surface area (Å²) in [4.78, 5) is 4.83. The molecule has 0 bridgehead atoms. The molecule has 0 amide bonds. The van der Waals surface area contributed by atoms with Crippen molar-refractivity contribution in [1.29, 1.82) is 0 Å². The van der Waals surface area contributed by atoms with Gasteiger partial charge in [-0.2, -0.15) is 0 Å². The molecule has 0 N–H and O–H groups in total. The lowest BCUT2D eigenvalue weighted by Crippen LogP contribution is -2.13. The Hall–Kier alpha value is -2.69. The fraction of sp³-hybridized carbons (Fsp3) is 0.208. The van der Waals surface area contributed by atoms with Crippen molar-refractivity contribution in [2.45, 2.75) is 26.0 Å². The van der Waals surface area contributed by atoms with Crippen molar-refractivity contribution in [3.8, 4) is 11.5 Å². The van der Waals surface area contributed by atoms with Gasteiger partial charge in [0.2, 0.25) is 0 Å². The molecule has 1 heterocycles. The number of para-hydroxylation sites is 2. The molecule has 4 rings (SSSR count). The molecule has 0 aliphatic carbocycles. The third kappa shape index (κ3) is 4.89. The summed E-state index contributed by atoms with van der Waals surface area (Å²) in [5.74, 6) is 2.46. The van der Waals surface area contributed by atoms with Gasteiger partial charge in [-0.25, -0.2) is 4.98 Å². The van der Waals surface area contributed by atoms with E-state index in [0.717, 1.165) is 41.3 Å². The number of rotatable bonds is 8. The summed E-state index contributed by atoms with van der Waals surface area (Å²) in [6.07, 6.45) is 0.625. The van der Waals surface area contributed by atoms with E-state index in [2.05, 4.69) is 10.6 Å². The van der Waals surface area contributed by atoms with Gasteiger partial charge in [0.05, 0.1) is 17.6 Å². The average molecular weight is 441 g/mol. The highest BCUT2D eigenvalue weighted by atomic mass is 35.5. The number of imidazole rings is 1. The number of aryl methyl sites for hydroxylation is 1. The van der Waals surface area contributed by atoms with Gasteiger partial charge in [0.1, 0.15) is 11.5 Å². The maximum Gasteiger partial charge on any atom is 0.153 e. The summed E-state index contributed by atoms with van der Waals surface area (Å²) in [5.41, 5.74) is 2.04. The number of hydrogen-bond donors (Lipinski definition) is 0. The first-order valence-corrected chi connectivity index (χ1v) is 10.6. The predicted octanol–water partition coefficient (Wildman–Crippen LogP) is 6.95. The average Bonchev–Trinajstić information content (AvgIpc) is 3.13. The molecule has 0 saturated heterocycles. The third-order valence-corrected chi connectivity index (χ3v) is 5.29. The molecule has 0 saturated carbocycles. The number of fused-ring (bicyclic) bond motifs is 1. The van der Waals surface area contributed by atoms with Gasteiger partial charge < -0.3 is 14.0 Å². The molecule has 3 aromatic carbocycles. The lowest BCUT2D eigenvalue weighted by atomic mass is 10.3. The zero-order chi connectivity index (χ0) is 20.9. The summed E-state index contributed by atoms with van der Waals surface area (Å²) >= 11 is 11.9. The molecule has 1 aromatic heterocycles. The lowest BCUT2D eigenvalue weighted by Gasteiger charge is -2.17. The number of hydrogen-bond acceptors (Lipinski definition) is 3. The maximum absolute atomic E-state index is 6.13. The zero-order valence-corrected chi connectivity index (χ0v) is 18.1. The molecule has 6 heteroatoms. The molecule has 4 nitrogen and oxygen atoms in total. The summed E-state index contributed by atoms with van der Waals surface area (Å²) in [5, 5.41) is 1.38. The van der Waals surface area contributed by atoms with Gasteiger partial charge >= 0.3 is 0 Å². The van der Waals surface area contributed by atoms with E-state index in [-0.39, 0.29) is 6.10 Å². The van der Waals surface area contributed by atoms with E-state index < -0.39 is 0 Å². The van der Waals surface area contributed by atoms with E-state index in [1.165, 1.54) is 0 Å². The second kappa shape index (κ2) is 9.41. The van der Waals surface area contributed by atoms with Crippen molar-refractivity contribution < 1.29 is 9.47 Å². The van der Waals surface area contributed by atoms with Crippen LogP contribution in [0.15, 0.2) is 72.8 Å². The highest BCUT2D eigenvalue weighted by Gasteiger charge is 2.18. The van der Waals surface area contributed by atoms with Gasteiger partial charge in [0.25, 0.3) is 0 Å². The molecular weight excluding hydrogens is 419 g/mol. The molecule has 4 aromatic rings. The summed E-state index contributed by atoms with van der Waals surface area (Å²) < 4.78 is 14.2. The highest BCUT2D eigenvalue weighted by molar-refractivity contribution is 6.30. The lowest BCUT2D eigenvalue weighted by molar-refractivity contribution is 0.210. The van der Waals surface area contributed by atoms with Crippen molar-refractivity contribution in [2.24, 2.45) is 0 Å². The van der Waals surface area contributed by atoms with Gasteiger partial charge in [-0.3, -0.25) is 0 Å². The minimum absolute atomic E-state index is 0.212. The van der Waals surface area contributed by atoms with Crippen LogP contribution in [0.4, 0.5) is 0 Å². The maximum atomic E-state index is 6.13. The first kappa shape index (κ1) is 20.6. The van der Waals surface area contributed by atoms with Crippen LogP contribution in [0.1, 0.15) is 25.3 Å². The normalized spacial score (nSPS) is 12.1. The van der Waals surface area contributed by atoms with Crippen LogP contribution in [-0.4, -0.2) is 16.2 Å². The van der Waals surface area contributed by atoms with Crippen molar-refractivity contribution in [3.63, 3.8) is 0 Å². The Morgan fingerprint density at radius 3 is 2.20 bits per heavy atom. The largest absolute Gasteiger partial charge is 0.494 e. The molecule has 0 spiro atoms. The van der Waals surface area contributed by atoms with Crippen LogP contribution in [0, 0.1) is 0 Å². The van der Waals surface area contributed by atoms with Crippen LogP contribution in [0.25, 0.3) is 11.0 Å². The van der Waals surface area contributed by atoms with Gasteiger partial charge in [0, 0.05) is 16.6 Å². The van der Waals surface area contributed by atoms with Crippen molar-refractivity contribution >= 4 is 34.2 Å². The van der Waals surface area contributed by atoms with Crippen LogP contribution < -0.4 is 9.47 Å². The molecular formula is C24H22Cl2N2O2. The van der Waals surface area contributed by atoms with Gasteiger partial charge in [-0.1, -0.05) is 35.3 Å². The van der Waals surface area contributed by atoms with Crippen LogP contribution in [0.5, 0.6) is 11.5 Å². The monoisotopic (exact) mass is 440 g/mol. The SMILES string of the molecule is CC(Oc1ccc(Cl)cc1)c1nc2ccccc2n1CCCOc1ccc(Cl)cc1. The number of ether oxygens (including phenoxy) is 2. The third-order valence-electron chi connectivity index (χ3n) is 4.78. The standard InChI is InChI=1S/C24H22Cl2N2O2/c1-17(30-21-13-9-19(26)10-14-21)24-27-22-5-2-3-6-23(22)28(24)15-4-16-29-20-11-7-18(25)8-12-20/h2-3,5-14,17H,4,15-16H2,1H3. The molecule has 0 fully saturated rings. The molecule has 30 heavy (non-hydrogen) atoms. The van der Waals surface area contributed by atoms with E-state index in [1.54, 1.807) is 0 Å². The van der Waals surface area contributed by atoms with Crippen LogP contribution in [-0.2, 0) is 6.54 Å². The van der Waals surface area contributed by atoms with E-state index in [1.807, 2.05) is 73.7 Å². The highest BCUT2D eigenvalue weighted by Crippen LogP contribution is 2.26. The smallest absolute Gasteiger partial charge is 0.153 e. The van der Waals surface area contributed by atoms with Crippen molar-refractivity contribution in [2.75, 3.05) is 6.61 Å². The van der Waals surface area contributed by atoms with Crippen LogP contribution >= 0.6 is 23.2 Å². The fourth-order valence-electron chi connectivity index (χ4n) is 3.35. The number of nitrogens with zero attached hydrogens (tertiary/aromatic N) is 2. The molecule has 0 radical (unpaired) electrons. The number of benzene rings is 3. The molecule has 1 unspecified atom stereocenters. The van der Waals surface area contributed by atoms with Gasteiger partial charge in [0.15, 0.2) is 11.9 Å². The molecule has 0 aliphatic heterocycles. The Kier molecular flexibility index (Phi) is 6.46. The van der Waals surface area contributed by atoms with Crippen LogP contribution in [0.3, 0.4) is 0 Å². The summed E-state index contributed by atoms with van der Waals surface area (Å²) in [6, 6.07) is 22.9. The minimum atomic E-state index is -0.212. The Bertz CT molecular complexity index is 1110. The number of halogens is 2. The Labute approximate surface area is 186 Å². The first-order chi connectivity index (χ1) is 14.6. The quantitative estimate of drug-likeness (QED) is 0.278. The molecule has 154 valence electrons. The van der Waals surface area contributed by atoms with E-state index in [4.69, 9.17) is 37.7 Å². The molecule has 0 aliphatic rings. The van der Waals surface area contributed by atoms with E-state index in [9.17, 15) is 0 Å². The fourth-order valence-corrected chi connectivity index (χ4v) is 3.60. The van der Waals surface area contributed by atoms with Gasteiger partial charge in [-0.15, -0.1) is 0 Å². The number of aromatic nitrogens is 2. The van der Waals surface area contributed by atoms with Crippen molar-refractivity contribution in [1.82, 2.24) is 9.55 Å². The molecule has 1 atom stereocenters. The first-order valence-electron chi connectivity index (χ1n) is 9.86. The Morgan fingerprint density at radius 2 is 1.50 bits per heavy atom. The Balaban J connectivity index is 1.48. The summed E-state index contributed by atoms with van der Waals surface area (Å²) in [7, 11) is 0. The summed E-state index contributed by atoms with van der Waals surface area (Å²) in [6.45, 7) is 3.38. The van der Waals surface area contributed by atoms with E-state index in [0.29, 0.717) is 16.7 Å². The second-order valence-corrected chi connectivity index (χ2v) is 7.85. The predicted molar refractivity (Wildman–Crippen MR) is 122 cm³/mol. The zero-order valence-electron chi connectivity index (χ0n) is 16.6. The Morgan fingerprint density at radius 1 is 0.867 bits per heavy atom. The van der Waals surface area contributed by atoms with Crippen LogP contribution in [0.2, 0.25) is 10.0 Å². The second-order valence-electron chi connectivity index (χ2n) is 6.98. The minimum Gasteiger partial charge on any atom is -0.494 e. The van der Waals surface area contributed by atoms with Crippen molar-refractivity contribution in [3.05, 3.63) is 88.7 Å². The van der Waals surface area contributed by atoms with E-state index >= 15 is 0 Å².